The lowest BCUT2D eigenvalue weighted by Crippen LogP contribution is -2.49. The van der Waals surface area contributed by atoms with E-state index in [1.807, 2.05) is 13.8 Å². The molecular weight excluding hydrogens is 383 g/mol. The van der Waals surface area contributed by atoms with Gasteiger partial charge >= 0.3 is 5.97 Å². The van der Waals surface area contributed by atoms with Gasteiger partial charge in [0.1, 0.15) is 6.54 Å². The fourth-order valence-corrected chi connectivity index (χ4v) is 2.86. The number of ether oxygens (including phenoxy) is 2. The number of carbonyl (C=O) groups excluding carboxylic acids is 3. The number of hydrogen-bond acceptors (Lipinski definition) is 5. The first-order chi connectivity index (χ1) is 12.3. The van der Waals surface area contributed by atoms with E-state index in [2.05, 4.69) is 5.32 Å². The maximum Gasteiger partial charge on any atom is 0.325 e. The number of amides is 2. The van der Waals surface area contributed by atoms with Gasteiger partial charge in [0, 0.05) is 18.7 Å². The molecule has 0 aliphatic carbocycles. The molecule has 0 radical (unpaired) electrons. The molecule has 1 aliphatic rings. The molecule has 2 atom stereocenters. The van der Waals surface area contributed by atoms with Gasteiger partial charge in [0.2, 0.25) is 0 Å². The number of morpholine rings is 1. The van der Waals surface area contributed by atoms with E-state index >= 15 is 0 Å². The molecule has 2 amide bonds. The predicted octanol–water partition coefficient (Wildman–Crippen LogP) is 1.90. The van der Waals surface area contributed by atoms with Crippen LogP contribution in [0.4, 0.5) is 0 Å². The van der Waals surface area contributed by atoms with Gasteiger partial charge in [0.15, 0.2) is 6.61 Å². The van der Waals surface area contributed by atoms with E-state index in [1.54, 1.807) is 4.90 Å². The standard InChI is InChI=1S/C17H20Cl2N2O5/c1-10-7-21(8-11(2)26-10)15(22)9-25-16(23)6-20-17(24)12-3-4-13(18)14(19)5-12/h3-5,10-11H,6-9H2,1-2H3,(H,20,24)/t10-,11-/m0/s1. The van der Waals surface area contributed by atoms with Crippen molar-refractivity contribution in [2.24, 2.45) is 0 Å². The van der Waals surface area contributed by atoms with E-state index in [-0.39, 0.29) is 41.9 Å². The molecule has 26 heavy (non-hydrogen) atoms. The van der Waals surface area contributed by atoms with E-state index < -0.39 is 11.9 Å². The molecular formula is C17H20Cl2N2O5. The van der Waals surface area contributed by atoms with Crippen LogP contribution in [0.2, 0.25) is 10.0 Å². The number of rotatable bonds is 5. The van der Waals surface area contributed by atoms with Crippen molar-refractivity contribution >= 4 is 41.0 Å². The van der Waals surface area contributed by atoms with Gasteiger partial charge in [-0.15, -0.1) is 0 Å². The van der Waals surface area contributed by atoms with Gasteiger partial charge in [-0.25, -0.2) is 0 Å². The Hall–Kier alpha value is -1.83. The molecule has 1 aromatic carbocycles. The maximum atomic E-state index is 12.1. The summed E-state index contributed by atoms with van der Waals surface area (Å²) in [5.41, 5.74) is 0.263. The zero-order chi connectivity index (χ0) is 19.3. The highest BCUT2D eigenvalue weighted by Crippen LogP contribution is 2.22. The average Bonchev–Trinajstić information content (AvgIpc) is 2.59. The summed E-state index contributed by atoms with van der Waals surface area (Å²) in [5, 5.41) is 2.97. The van der Waals surface area contributed by atoms with Gasteiger partial charge in [-0.2, -0.15) is 0 Å². The zero-order valence-electron chi connectivity index (χ0n) is 14.5. The Bertz CT molecular complexity index is 688. The zero-order valence-corrected chi connectivity index (χ0v) is 16.0. The monoisotopic (exact) mass is 402 g/mol. The van der Waals surface area contributed by atoms with Crippen LogP contribution < -0.4 is 5.32 Å². The van der Waals surface area contributed by atoms with Crippen molar-refractivity contribution in [3.05, 3.63) is 33.8 Å². The molecule has 1 saturated heterocycles. The molecule has 0 unspecified atom stereocenters. The number of esters is 1. The molecule has 2 rings (SSSR count). The molecule has 1 aromatic rings. The molecule has 1 heterocycles. The first-order valence-corrected chi connectivity index (χ1v) is 8.84. The third-order valence-electron chi connectivity index (χ3n) is 3.70. The lowest BCUT2D eigenvalue weighted by atomic mass is 10.2. The van der Waals surface area contributed by atoms with Gasteiger partial charge < -0.3 is 19.7 Å². The van der Waals surface area contributed by atoms with Crippen molar-refractivity contribution < 1.29 is 23.9 Å². The van der Waals surface area contributed by atoms with E-state index in [0.29, 0.717) is 18.1 Å². The van der Waals surface area contributed by atoms with Crippen molar-refractivity contribution in [3.8, 4) is 0 Å². The highest BCUT2D eigenvalue weighted by molar-refractivity contribution is 6.42. The van der Waals surface area contributed by atoms with Crippen LogP contribution in [0.5, 0.6) is 0 Å². The van der Waals surface area contributed by atoms with Crippen LogP contribution in [-0.4, -0.2) is 61.1 Å². The summed E-state index contributed by atoms with van der Waals surface area (Å²) in [6.07, 6.45) is -0.132. The van der Waals surface area contributed by atoms with Gasteiger partial charge in [0.25, 0.3) is 11.8 Å². The fraction of sp³-hybridized carbons (Fsp3) is 0.471. The molecule has 142 valence electrons. The topological polar surface area (TPSA) is 84.9 Å². The van der Waals surface area contributed by atoms with Crippen molar-refractivity contribution in [2.75, 3.05) is 26.2 Å². The Morgan fingerprint density at radius 2 is 1.85 bits per heavy atom. The molecule has 1 fully saturated rings. The Kier molecular flexibility index (Phi) is 7.25. The van der Waals surface area contributed by atoms with Crippen molar-refractivity contribution in [3.63, 3.8) is 0 Å². The van der Waals surface area contributed by atoms with Gasteiger partial charge in [-0.3, -0.25) is 14.4 Å². The number of halogens is 2. The number of hydrogen-bond donors (Lipinski definition) is 1. The molecule has 1 aliphatic heterocycles. The maximum absolute atomic E-state index is 12.1. The highest BCUT2D eigenvalue weighted by atomic mass is 35.5. The van der Waals surface area contributed by atoms with Crippen molar-refractivity contribution in [2.45, 2.75) is 26.1 Å². The first-order valence-electron chi connectivity index (χ1n) is 8.08. The van der Waals surface area contributed by atoms with Crippen LogP contribution in [0.1, 0.15) is 24.2 Å². The molecule has 1 N–H and O–H groups in total. The minimum atomic E-state index is -0.707. The quantitative estimate of drug-likeness (QED) is 0.760. The Morgan fingerprint density at radius 1 is 1.19 bits per heavy atom. The van der Waals surface area contributed by atoms with E-state index in [1.165, 1.54) is 18.2 Å². The minimum absolute atomic E-state index is 0.0658. The predicted molar refractivity (Wildman–Crippen MR) is 96.3 cm³/mol. The van der Waals surface area contributed by atoms with Crippen LogP contribution in [0.15, 0.2) is 18.2 Å². The van der Waals surface area contributed by atoms with Gasteiger partial charge in [-0.1, -0.05) is 23.2 Å². The van der Waals surface area contributed by atoms with E-state index in [0.717, 1.165) is 0 Å². The van der Waals surface area contributed by atoms with Crippen LogP contribution in [0.3, 0.4) is 0 Å². The summed E-state index contributed by atoms with van der Waals surface area (Å²) in [5.74, 6) is -1.50. The first kappa shape index (κ1) is 20.5. The van der Waals surface area contributed by atoms with Crippen LogP contribution >= 0.6 is 23.2 Å². The number of benzene rings is 1. The Labute approximate surface area is 161 Å². The van der Waals surface area contributed by atoms with Crippen molar-refractivity contribution in [1.29, 1.82) is 0 Å². The van der Waals surface area contributed by atoms with Gasteiger partial charge in [0.05, 0.1) is 22.3 Å². The third kappa shape index (κ3) is 5.86. The summed E-state index contributed by atoms with van der Waals surface area (Å²) in [6.45, 7) is 3.92. The van der Waals surface area contributed by atoms with Crippen LogP contribution in [0.25, 0.3) is 0 Å². The fourth-order valence-electron chi connectivity index (χ4n) is 2.56. The SMILES string of the molecule is C[C@H]1CN(C(=O)COC(=O)CNC(=O)c2ccc(Cl)c(Cl)c2)C[C@H](C)O1. The molecule has 7 nitrogen and oxygen atoms in total. The normalized spacial score (nSPS) is 19.8. The molecule has 0 saturated carbocycles. The Balaban J connectivity index is 1.75. The molecule has 0 bridgehead atoms. The Morgan fingerprint density at radius 3 is 2.46 bits per heavy atom. The summed E-state index contributed by atoms with van der Waals surface area (Å²) in [7, 11) is 0. The number of nitrogens with zero attached hydrogens (tertiary/aromatic N) is 1. The van der Waals surface area contributed by atoms with Crippen molar-refractivity contribution in [1.82, 2.24) is 10.2 Å². The second-order valence-corrected chi connectivity index (χ2v) is 6.84. The molecule has 9 heteroatoms. The average molecular weight is 403 g/mol. The lowest BCUT2D eigenvalue weighted by Gasteiger charge is -2.35. The summed E-state index contributed by atoms with van der Waals surface area (Å²) >= 11 is 11.6. The third-order valence-corrected chi connectivity index (χ3v) is 4.44. The smallest absolute Gasteiger partial charge is 0.325 e. The van der Waals surface area contributed by atoms with E-state index in [4.69, 9.17) is 32.7 Å². The highest BCUT2D eigenvalue weighted by Gasteiger charge is 2.26. The second-order valence-electron chi connectivity index (χ2n) is 6.03. The number of nitrogens with one attached hydrogen (secondary N) is 1. The molecule has 0 aromatic heterocycles. The second kappa shape index (κ2) is 9.21. The van der Waals surface area contributed by atoms with Gasteiger partial charge in [-0.05, 0) is 32.0 Å². The van der Waals surface area contributed by atoms with Crippen LogP contribution in [0, 0.1) is 0 Å². The number of carbonyl (C=O) groups is 3. The minimum Gasteiger partial charge on any atom is -0.454 e. The molecule has 0 spiro atoms. The van der Waals surface area contributed by atoms with Crippen LogP contribution in [-0.2, 0) is 19.1 Å². The summed E-state index contributed by atoms with van der Waals surface area (Å²) in [6, 6.07) is 4.37. The van der Waals surface area contributed by atoms with E-state index in [9.17, 15) is 14.4 Å². The largest absolute Gasteiger partial charge is 0.454 e. The summed E-state index contributed by atoms with van der Waals surface area (Å²) < 4.78 is 10.5. The lowest BCUT2D eigenvalue weighted by molar-refractivity contribution is -0.156. The summed E-state index contributed by atoms with van der Waals surface area (Å²) in [4.78, 5) is 37.4.